The average molecular weight is 422 g/mol. The molecule has 0 unspecified atom stereocenters. The molecule has 5 heteroatoms. The largest absolute Gasteiger partial charge is 0.437 e. The zero-order valence-corrected chi connectivity index (χ0v) is 17.7. The van der Waals surface area contributed by atoms with E-state index in [-0.39, 0.29) is 18.0 Å². The van der Waals surface area contributed by atoms with Gasteiger partial charge in [-0.1, -0.05) is 48.5 Å². The lowest BCUT2D eigenvalue weighted by molar-refractivity contribution is -0.0567. The molecule has 0 bridgehead atoms. The number of rotatable bonds is 6. The van der Waals surface area contributed by atoms with Crippen LogP contribution in [-0.2, 0) is 10.3 Å². The number of hydrogen-bond donors (Lipinski definition) is 0. The Morgan fingerprint density at radius 1 is 1.17 bits per heavy atom. The van der Waals surface area contributed by atoms with Crippen molar-refractivity contribution in [1.82, 2.24) is 4.90 Å². The Morgan fingerprint density at radius 3 is 2.40 bits per heavy atom. The highest BCUT2D eigenvalue weighted by molar-refractivity contribution is 7.10. The van der Waals surface area contributed by atoms with Crippen LogP contribution < -0.4 is 0 Å². The SMILES string of the molecule is C=CC[C@@]1(c2cccs2)CCN([C@@H](C)c2ccc(-c3ccc(F)cc3)cc2)C(=O)O1. The molecule has 1 fully saturated rings. The molecule has 1 aliphatic heterocycles. The monoisotopic (exact) mass is 421 g/mol. The topological polar surface area (TPSA) is 29.5 Å². The van der Waals surface area contributed by atoms with E-state index in [1.54, 1.807) is 28.4 Å². The Hall–Kier alpha value is -2.92. The molecule has 3 aromatic rings. The predicted molar refractivity (Wildman–Crippen MR) is 119 cm³/mol. The third kappa shape index (κ3) is 3.90. The summed E-state index contributed by atoms with van der Waals surface area (Å²) in [5.41, 5.74) is 2.38. The second kappa shape index (κ2) is 8.44. The molecular formula is C25H24FNO2S. The van der Waals surface area contributed by atoms with Gasteiger partial charge in [0.25, 0.3) is 0 Å². The number of thiophene rings is 1. The fraction of sp³-hybridized carbons (Fsp3) is 0.240. The van der Waals surface area contributed by atoms with Gasteiger partial charge in [0.2, 0.25) is 0 Å². The van der Waals surface area contributed by atoms with Crippen molar-refractivity contribution in [3.05, 3.63) is 95.0 Å². The van der Waals surface area contributed by atoms with E-state index in [0.717, 1.165) is 28.0 Å². The number of carbonyl (C=O) groups is 1. The van der Waals surface area contributed by atoms with Gasteiger partial charge in [0.05, 0.1) is 6.04 Å². The maximum atomic E-state index is 13.2. The summed E-state index contributed by atoms with van der Waals surface area (Å²) in [6.07, 6.45) is 2.85. The van der Waals surface area contributed by atoms with Gasteiger partial charge in [0.15, 0.2) is 5.60 Å². The zero-order chi connectivity index (χ0) is 21.1. The third-order valence-electron chi connectivity index (χ3n) is 5.76. The zero-order valence-electron chi connectivity index (χ0n) is 16.9. The maximum Gasteiger partial charge on any atom is 0.411 e. The molecule has 0 N–H and O–H groups in total. The van der Waals surface area contributed by atoms with E-state index in [2.05, 4.69) is 6.58 Å². The van der Waals surface area contributed by atoms with Crippen LogP contribution in [0.15, 0.2) is 78.7 Å². The highest BCUT2D eigenvalue weighted by Crippen LogP contribution is 2.41. The quantitative estimate of drug-likeness (QED) is 0.404. The Balaban J connectivity index is 1.50. The standard InChI is InChI=1S/C25H24FNO2S/c1-3-14-25(23-5-4-17-30-23)15-16-27(24(28)29-25)18(2)19-6-8-20(9-7-19)21-10-12-22(26)13-11-21/h3-13,17-18H,1,14-16H2,2H3/t18-,25-/m0/s1. The Bertz CT molecular complexity index is 1010. The van der Waals surface area contributed by atoms with E-state index in [1.165, 1.54) is 12.1 Å². The molecule has 1 aliphatic rings. The van der Waals surface area contributed by atoms with Crippen molar-refractivity contribution < 1.29 is 13.9 Å². The number of hydrogen-bond acceptors (Lipinski definition) is 3. The maximum absolute atomic E-state index is 13.2. The Labute approximate surface area is 180 Å². The molecule has 2 atom stereocenters. The molecule has 3 nitrogen and oxygen atoms in total. The van der Waals surface area contributed by atoms with Gasteiger partial charge in [0, 0.05) is 24.3 Å². The number of amides is 1. The number of cyclic esters (lactones) is 1. The number of halogens is 1. The summed E-state index contributed by atoms with van der Waals surface area (Å²) in [6, 6.07) is 18.4. The minimum atomic E-state index is -0.615. The van der Waals surface area contributed by atoms with E-state index in [9.17, 15) is 9.18 Å². The average Bonchev–Trinajstić information content (AvgIpc) is 3.30. The molecule has 1 saturated heterocycles. The lowest BCUT2D eigenvalue weighted by Crippen LogP contribution is -2.48. The van der Waals surface area contributed by atoms with Crippen LogP contribution in [0.1, 0.15) is 36.2 Å². The molecule has 0 aliphatic carbocycles. The van der Waals surface area contributed by atoms with Gasteiger partial charge in [-0.15, -0.1) is 17.9 Å². The first kappa shape index (κ1) is 20.4. The minimum absolute atomic E-state index is 0.107. The third-order valence-corrected chi connectivity index (χ3v) is 6.81. The van der Waals surface area contributed by atoms with Crippen LogP contribution in [0.2, 0.25) is 0 Å². The lowest BCUT2D eigenvalue weighted by Gasteiger charge is -2.42. The van der Waals surface area contributed by atoms with E-state index in [1.807, 2.05) is 54.8 Å². The van der Waals surface area contributed by atoms with Gasteiger partial charge in [0.1, 0.15) is 5.82 Å². The van der Waals surface area contributed by atoms with Crippen LogP contribution in [0.5, 0.6) is 0 Å². The molecule has 1 amide bonds. The molecule has 30 heavy (non-hydrogen) atoms. The van der Waals surface area contributed by atoms with Crippen LogP contribution in [0.4, 0.5) is 9.18 Å². The summed E-state index contributed by atoms with van der Waals surface area (Å²) in [5.74, 6) is -0.248. The van der Waals surface area contributed by atoms with Gasteiger partial charge in [-0.3, -0.25) is 0 Å². The fourth-order valence-electron chi connectivity index (χ4n) is 3.99. The summed E-state index contributed by atoms with van der Waals surface area (Å²) < 4.78 is 19.2. The summed E-state index contributed by atoms with van der Waals surface area (Å²) in [6.45, 7) is 6.48. The van der Waals surface area contributed by atoms with E-state index in [4.69, 9.17) is 4.74 Å². The van der Waals surface area contributed by atoms with Crippen molar-refractivity contribution >= 4 is 17.4 Å². The van der Waals surface area contributed by atoms with Crippen molar-refractivity contribution in [1.29, 1.82) is 0 Å². The Morgan fingerprint density at radius 2 is 1.83 bits per heavy atom. The molecule has 1 aromatic heterocycles. The summed E-state index contributed by atoms with van der Waals surface area (Å²) >= 11 is 1.61. The van der Waals surface area contributed by atoms with Gasteiger partial charge in [-0.05, 0) is 47.2 Å². The molecular weight excluding hydrogens is 397 g/mol. The van der Waals surface area contributed by atoms with Crippen molar-refractivity contribution in [2.24, 2.45) is 0 Å². The number of nitrogens with zero attached hydrogens (tertiary/aromatic N) is 1. The molecule has 0 saturated carbocycles. The van der Waals surface area contributed by atoms with E-state index < -0.39 is 5.60 Å². The second-order valence-electron chi connectivity index (χ2n) is 7.58. The van der Waals surface area contributed by atoms with Gasteiger partial charge >= 0.3 is 6.09 Å². The first-order chi connectivity index (χ1) is 14.5. The van der Waals surface area contributed by atoms with Crippen molar-refractivity contribution in [2.45, 2.75) is 31.4 Å². The smallest absolute Gasteiger partial charge is 0.411 e. The number of ether oxygens (including phenoxy) is 1. The second-order valence-corrected chi connectivity index (χ2v) is 8.53. The normalized spacial score (nSPS) is 19.9. The molecule has 4 rings (SSSR count). The number of benzene rings is 2. The fourth-order valence-corrected chi connectivity index (χ4v) is 4.89. The van der Waals surface area contributed by atoms with Gasteiger partial charge in [-0.2, -0.15) is 0 Å². The Kier molecular flexibility index (Phi) is 5.73. The van der Waals surface area contributed by atoms with Crippen molar-refractivity contribution in [3.63, 3.8) is 0 Å². The highest BCUT2D eigenvalue weighted by atomic mass is 32.1. The van der Waals surface area contributed by atoms with Crippen molar-refractivity contribution in [3.8, 4) is 11.1 Å². The molecule has 0 spiro atoms. The first-order valence-corrected chi connectivity index (χ1v) is 10.9. The summed E-state index contributed by atoms with van der Waals surface area (Å²) in [7, 11) is 0. The van der Waals surface area contributed by atoms with E-state index >= 15 is 0 Å². The van der Waals surface area contributed by atoms with Crippen LogP contribution in [-0.4, -0.2) is 17.5 Å². The van der Waals surface area contributed by atoms with Crippen LogP contribution in [0.25, 0.3) is 11.1 Å². The number of carbonyl (C=O) groups excluding carboxylic acids is 1. The predicted octanol–water partition coefficient (Wildman–Crippen LogP) is 6.93. The van der Waals surface area contributed by atoms with Crippen LogP contribution >= 0.6 is 11.3 Å². The van der Waals surface area contributed by atoms with E-state index in [0.29, 0.717) is 13.0 Å². The van der Waals surface area contributed by atoms with Gasteiger partial charge in [-0.25, -0.2) is 9.18 Å². The minimum Gasteiger partial charge on any atom is -0.437 e. The molecule has 154 valence electrons. The van der Waals surface area contributed by atoms with Crippen LogP contribution in [0, 0.1) is 5.82 Å². The molecule has 2 aromatic carbocycles. The van der Waals surface area contributed by atoms with Crippen LogP contribution in [0.3, 0.4) is 0 Å². The highest BCUT2D eigenvalue weighted by Gasteiger charge is 2.43. The summed E-state index contributed by atoms with van der Waals surface area (Å²) in [4.78, 5) is 15.8. The lowest BCUT2D eigenvalue weighted by atomic mass is 9.91. The van der Waals surface area contributed by atoms with Crippen molar-refractivity contribution in [2.75, 3.05) is 6.54 Å². The summed E-state index contributed by atoms with van der Waals surface area (Å²) in [5, 5.41) is 2.01. The molecule has 0 radical (unpaired) electrons. The molecule has 2 heterocycles. The van der Waals surface area contributed by atoms with Gasteiger partial charge < -0.3 is 9.64 Å². The first-order valence-electron chi connectivity index (χ1n) is 10.0.